The number of methoxy groups -OCH3 is 1. The minimum Gasteiger partial charge on any atom is -0.496 e. The van der Waals surface area contributed by atoms with Gasteiger partial charge in [-0.25, -0.2) is 0 Å². The second-order valence-electron chi connectivity index (χ2n) is 5.97. The first kappa shape index (κ1) is 17.0. The normalized spacial score (nSPS) is 13.0. The highest BCUT2D eigenvalue weighted by Gasteiger charge is 2.17. The molecule has 114 valence electrons. The summed E-state index contributed by atoms with van der Waals surface area (Å²) in [5, 5.41) is 3.58. The molecule has 0 saturated heterocycles. The van der Waals surface area contributed by atoms with E-state index >= 15 is 0 Å². The van der Waals surface area contributed by atoms with Crippen molar-refractivity contribution in [3.8, 4) is 5.75 Å². The van der Waals surface area contributed by atoms with Crippen molar-refractivity contribution in [3.05, 3.63) is 29.3 Å². The van der Waals surface area contributed by atoms with Gasteiger partial charge in [-0.3, -0.25) is 0 Å². The van der Waals surface area contributed by atoms with Gasteiger partial charge in [0, 0.05) is 24.7 Å². The molecule has 0 radical (unpaired) electrons. The molecule has 0 aromatic heterocycles. The van der Waals surface area contributed by atoms with Crippen LogP contribution < -0.4 is 10.1 Å². The van der Waals surface area contributed by atoms with Gasteiger partial charge in [0.25, 0.3) is 0 Å². The maximum Gasteiger partial charge on any atom is 0.123 e. The monoisotopic (exact) mass is 278 g/mol. The van der Waals surface area contributed by atoms with Gasteiger partial charge >= 0.3 is 0 Å². The summed E-state index contributed by atoms with van der Waals surface area (Å²) >= 11 is 0. The molecule has 0 amide bonds. The molecule has 0 aliphatic rings. The van der Waals surface area contributed by atoms with E-state index in [-0.39, 0.29) is 0 Å². The van der Waals surface area contributed by atoms with Gasteiger partial charge in [0.2, 0.25) is 0 Å². The molecule has 1 atom stereocenters. The Morgan fingerprint density at radius 1 is 1.25 bits per heavy atom. The SMILES string of the molecule is CCNC(CN(C)CC(C)C)c1cc(C)ccc1OC. The Morgan fingerprint density at radius 2 is 1.95 bits per heavy atom. The molecule has 0 heterocycles. The highest BCUT2D eigenvalue weighted by Crippen LogP contribution is 2.27. The smallest absolute Gasteiger partial charge is 0.123 e. The summed E-state index contributed by atoms with van der Waals surface area (Å²) in [6, 6.07) is 6.70. The molecule has 0 saturated carbocycles. The number of rotatable bonds is 8. The summed E-state index contributed by atoms with van der Waals surface area (Å²) in [4.78, 5) is 2.39. The third kappa shape index (κ3) is 5.14. The van der Waals surface area contributed by atoms with E-state index in [1.165, 1.54) is 11.1 Å². The molecule has 0 aliphatic carbocycles. The number of nitrogens with zero attached hydrogens (tertiary/aromatic N) is 1. The Hall–Kier alpha value is -1.06. The number of likely N-dealkylation sites (N-methyl/N-ethyl adjacent to an activating group) is 2. The predicted molar refractivity (Wildman–Crippen MR) is 86.5 cm³/mol. The standard InChI is InChI=1S/C17H30N2O/c1-7-18-16(12-19(5)11-13(2)3)15-10-14(4)8-9-17(15)20-6/h8-10,13,16,18H,7,11-12H2,1-6H3. The van der Waals surface area contributed by atoms with Crippen LogP contribution in [0, 0.1) is 12.8 Å². The lowest BCUT2D eigenvalue weighted by molar-refractivity contribution is 0.260. The lowest BCUT2D eigenvalue weighted by Gasteiger charge is -2.27. The zero-order valence-corrected chi connectivity index (χ0v) is 13.9. The summed E-state index contributed by atoms with van der Waals surface area (Å²) < 4.78 is 5.53. The van der Waals surface area contributed by atoms with Gasteiger partial charge in [-0.15, -0.1) is 0 Å². The highest BCUT2D eigenvalue weighted by atomic mass is 16.5. The number of nitrogens with one attached hydrogen (secondary N) is 1. The first-order chi connectivity index (χ1) is 9.47. The Labute approximate surface area is 124 Å². The Bertz CT molecular complexity index is 404. The molecule has 0 fully saturated rings. The fourth-order valence-corrected chi connectivity index (χ4v) is 2.65. The van der Waals surface area contributed by atoms with Crippen LogP contribution in [-0.2, 0) is 0 Å². The van der Waals surface area contributed by atoms with Crippen molar-refractivity contribution in [2.45, 2.75) is 33.7 Å². The average Bonchev–Trinajstić information content (AvgIpc) is 2.37. The first-order valence-corrected chi connectivity index (χ1v) is 7.54. The lowest BCUT2D eigenvalue weighted by atomic mass is 10.0. The zero-order valence-electron chi connectivity index (χ0n) is 13.9. The van der Waals surface area contributed by atoms with Crippen LogP contribution in [0.4, 0.5) is 0 Å². The van der Waals surface area contributed by atoms with E-state index in [9.17, 15) is 0 Å². The van der Waals surface area contributed by atoms with Crippen LogP contribution in [0.5, 0.6) is 5.75 Å². The summed E-state index contributed by atoms with van der Waals surface area (Å²) in [7, 11) is 3.93. The lowest BCUT2D eigenvalue weighted by Crippen LogP contribution is -2.35. The molecule has 1 aromatic carbocycles. The van der Waals surface area contributed by atoms with Crippen molar-refractivity contribution in [1.82, 2.24) is 10.2 Å². The molecular weight excluding hydrogens is 248 g/mol. The quantitative estimate of drug-likeness (QED) is 0.790. The van der Waals surface area contributed by atoms with Crippen molar-refractivity contribution < 1.29 is 4.74 Å². The summed E-state index contributed by atoms with van der Waals surface area (Å²) in [5.41, 5.74) is 2.53. The number of benzene rings is 1. The van der Waals surface area contributed by atoms with E-state index in [1.54, 1.807) is 7.11 Å². The van der Waals surface area contributed by atoms with Crippen LogP contribution >= 0.6 is 0 Å². The predicted octanol–water partition coefficient (Wildman–Crippen LogP) is 3.24. The minimum absolute atomic E-state index is 0.304. The minimum atomic E-state index is 0.304. The van der Waals surface area contributed by atoms with Gasteiger partial charge < -0.3 is 15.0 Å². The molecule has 0 aliphatic heterocycles. The number of hydrogen-bond donors (Lipinski definition) is 1. The molecular formula is C17H30N2O. The van der Waals surface area contributed by atoms with E-state index < -0.39 is 0 Å². The van der Waals surface area contributed by atoms with Crippen LogP contribution in [0.25, 0.3) is 0 Å². The zero-order chi connectivity index (χ0) is 15.1. The van der Waals surface area contributed by atoms with Crippen molar-refractivity contribution in [3.63, 3.8) is 0 Å². The number of hydrogen-bond acceptors (Lipinski definition) is 3. The van der Waals surface area contributed by atoms with Gasteiger partial charge in [0.05, 0.1) is 7.11 Å². The Balaban J connectivity index is 2.92. The van der Waals surface area contributed by atoms with Gasteiger partial charge in [-0.05, 0) is 32.5 Å². The van der Waals surface area contributed by atoms with E-state index in [0.29, 0.717) is 12.0 Å². The van der Waals surface area contributed by atoms with Gasteiger partial charge in [0.1, 0.15) is 5.75 Å². The number of aryl methyl sites for hydroxylation is 1. The molecule has 1 unspecified atom stereocenters. The molecule has 0 bridgehead atoms. The molecule has 1 rings (SSSR count). The molecule has 20 heavy (non-hydrogen) atoms. The third-order valence-corrected chi connectivity index (χ3v) is 3.38. The van der Waals surface area contributed by atoms with E-state index in [0.717, 1.165) is 25.4 Å². The van der Waals surface area contributed by atoms with Gasteiger partial charge in [-0.1, -0.05) is 38.5 Å². The van der Waals surface area contributed by atoms with E-state index in [4.69, 9.17) is 4.74 Å². The maximum atomic E-state index is 5.53. The summed E-state index contributed by atoms with van der Waals surface area (Å²) in [5.74, 6) is 1.65. The first-order valence-electron chi connectivity index (χ1n) is 7.54. The Morgan fingerprint density at radius 3 is 2.50 bits per heavy atom. The maximum absolute atomic E-state index is 5.53. The fourth-order valence-electron chi connectivity index (χ4n) is 2.65. The van der Waals surface area contributed by atoms with Gasteiger partial charge in [-0.2, -0.15) is 0 Å². The third-order valence-electron chi connectivity index (χ3n) is 3.38. The van der Waals surface area contributed by atoms with Crippen LogP contribution in [-0.4, -0.2) is 38.7 Å². The largest absolute Gasteiger partial charge is 0.496 e. The Kier molecular flexibility index (Phi) is 7.03. The topological polar surface area (TPSA) is 24.5 Å². The van der Waals surface area contributed by atoms with Crippen molar-refractivity contribution in [2.75, 3.05) is 33.8 Å². The van der Waals surface area contributed by atoms with Crippen molar-refractivity contribution >= 4 is 0 Å². The molecule has 3 heteroatoms. The highest BCUT2D eigenvalue weighted by molar-refractivity contribution is 5.39. The van der Waals surface area contributed by atoms with Crippen LogP contribution in [0.15, 0.2) is 18.2 Å². The molecule has 3 nitrogen and oxygen atoms in total. The second-order valence-corrected chi connectivity index (χ2v) is 5.97. The van der Waals surface area contributed by atoms with Crippen molar-refractivity contribution in [1.29, 1.82) is 0 Å². The van der Waals surface area contributed by atoms with Gasteiger partial charge in [0.15, 0.2) is 0 Å². The molecule has 1 aromatic rings. The van der Waals surface area contributed by atoms with E-state index in [2.05, 4.69) is 63.2 Å². The van der Waals surface area contributed by atoms with Crippen LogP contribution in [0.3, 0.4) is 0 Å². The van der Waals surface area contributed by atoms with Crippen LogP contribution in [0.2, 0.25) is 0 Å². The van der Waals surface area contributed by atoms with E-state index in [1.807, 2.05) is 0 Å². The molecule has 0 spiro atoms. The fraction of sp³-hybridized carbons (Fsp3) is 0.647. The molecule has 1 N–H and O–H groups in total. The second kappa shape index (κ2) is 8.28. The van der Waals surface area contributed by atoms with Crippen molar-refractivity contribution in [2.24, 2.45) is 5.92 Å². The number of ether oxygens (including phenoxy) is 1. The van der Waals surface area contributed by atoms with Crippen LogP contribution in [0.1, 0.15) is 37.9 Å². The summed E-state index contributed by atoms with van der Waals surface area (Å²) in [6.07, 6.45) is 0. The average molecular weight is 278 g/mol. The summed E-state index contributed by atoms with van der Waals surface area (Å²) in [6.45, 7) is 11.8.